The Bertz CT molecular complexity index is 418. The lowest BCUT2D eigenvalue weighted by Gasteiger charge is -2.07. The summed E-state index contributed by atoms with van der Waals surface area (Å²) in [6.07, 6.45) is 4.06. The molecule has 0 N–H and O–H groups in total. The number of hydrogen-bond donors (Lipinski definition) is 0. The van der Waals surface area contributed by atoms with Gasteiger partial charge < -0.3 is 9.30 Å². The van der Waals surface area contributed by atoms with Crippen LogP contribution < -0.4 is 4.74 Å². The third-order valence-corrected chi connectivity index (χ3v) is 2.28. The van der Waals surface area contributed by atoms with Crippen LogP contribution in [0.1, 0.15) is 5.56 Å². The van der Waals surface area contributed by atoms with E-state index in [1.807, 2.05) is 43.6 Å². The fourth-order valence-corrected chi connectivity index (χ4v) is 1.53. The van der Waals surface area contributed by atoms with Gasteiger partial charge in [-0.3, -0.25) is 0 Å². The van der Waals surface area contributed by atoms with Crippen LogP contribution in [-0.4, -0.2) is 11.7 Å². The molecule has 2 aromatic rings. The summed E-state index contributed by atoms with van der Waals surface area (Å²) in [5.41, 5.74) is 2.31. The lowest BCUT2D eigenvalue weighted by molar-refractivity contribution is 0.411. The van der Waals surface area contributed by atoms with Crippen molar-refractivity contribution in [1.82, 2.24) is 4.57 Å². The van der Waals surface area contributed by atoms with Gasteiger partial charge in [-0.1, -0.05) is 0 Å². The van der Waals surface area contributed by atoms with Crippen LogP contribution in [-0.2, 0) is 0 Å². The molecule has 0 aliphatic carbocycles. The molecule has 1 aromatic heterocycles. The molecule has 0 atom stereocenters. The third kappa shape index (κ3) is 1.51. The molecular weight excluding hydrogens is 174 g/mol. The standard InChI is InChI=1S/C12H13NO/c1-10-9-11(5-6-12(10)14-2)13-7-3-4-8-13/h3-9H,1-2H3. The van der Waals surface area contributed by atoms with E-state index in [-0.39, 0.29) is 0 Å². The first kappa shape index (κ1) is 8.88. The third-order valence-electron chi connectivity index (χ3n) is 2.28. The van der Waals surface area contributed by atoms with Crippen molar-refractivity contribution in [3.05, 3.63) is 48.3 Å². The number of benzene rings is 1. The molecule has 1 aromatic carbocycles. The van der Waals surface area contributed by atoms with Gasteiger partial charge in [0.15, 0.2) is 0 Å². The summed E-state index contributed by atoms with van der Waals surface area (Å²) in [6, 6.07) is 10.2. The minimum Gasteiger partial charge on any atom is -0.496 e. The van der Waals surface area contributed by atoms with Crippen molar-refractivity contribution in [2.24, 2.45) is 0 Å². The van der Waals surface area contributed by atoms with Crippen molar-refractivity contribution in [1.29, 1.82) is 0 Å². The number of aryl methyl sites for hydroxylation is 1. The molecule has 0 amide bonds. The predicted octanol–water partition coefficient (Wildman–Crippen LogP) is 2.79. The van der Waals surface area contributed by atoms with Crippen LogP contribution in [0.4, 0.5) is 0 Å². The molecule has 2 rings (SSSR count). The fourth-order valence-electron chi connectivity index (χ4n) is 1.53. The van der Waals surface area contributed by atoms with Crippen molar-refractivity contribution >= 4 is 0 Å². The Hall–Kier alpha value is -1.70. The molecule has 0 fully saturated rings. The smallest absolute Gasteiger partial charge is 0.121 e. The number of nitrogens with zero attached hydrogens (tertiary/aromatic N) is 1. The minimum absolute atomic E-state index is 0.931. The van der Waals surface area contributed by atoms with Gasteiger partial charge in [-0.25, -0.2) is 0 Å². The number of hydrogen-bond acceptors (Lipinski definition) is 1. The molecule has 72 valence electrons. The maximum absolute atomic E-state index is 5.21. The number of rotatable bonds is 2. The molecule has 0 aliphatic heterocycles. The molecule has 0 spiro atoms. The largest absolute Gasteiger partial charge is 0.496 e. The van der Waals surface area contributed by atoms with Crippen molar-refractivity contribution in [3.63, 3.8) is 0 Å². The summed E-state index contributed by atoms with van der Waals surface area (Å²) in [6.45, 7) is 2.05. The van der Waals surface area contributed by atoms with Gasteiger partial charge in [0.2, 0.25) is 0 Å². The molecule has 0 radical (unpaired) electrons. The SMILES string of the molecule is COc1ccc(-n2cccc2)cc1C. The molecule has 0 unspecified atom stereocenters. The average Bonchev–Trinajstić information content (AvgIpc) is 2.70. The first-order valence-corrected chi connectivity index (χ1v) is 4.59. The molecule has 2 heteroatoms. The van der Waals surface area contributed by atoms with E-state index < -0.39 is 0 Å². The number of aromatic nitrogens is 1. The highest BCUT2D eigenvalue weighted by Crippen LogP contribution is 2.20. The van der Waals surface area contributed by atoms with Gasteiger partial charge in [-0.2, -0.15) is 0 Å². The second kappa shape index (κ2) is 3.58. The summed E-state index contributed by atoms with van der Waals surface area (Å²) in [5, 5.41) is 0. The lowest BCUT2D eigenvalue weighted by atomic mass is 10.2. The van der Waals surface area contributed by atoms with E-state index in [0.29, 0.717) is 0 Å². The molecular formula is C12H13NO. The quantitative estimate of drug-likeness (QED) is 0.705. The first-order valence-electron chi connectivity index (χ1n) is 4.59. The zero-order valence-electron chi connectivity index (χ0n) is 8.40. The van der Waals surface area contributed by atoms with Crippen LogP contribution in [0.5, 0.6) is 5.75 Å². The molecule has 0 saturated carbocycles. The Kier molecular flexibility index (Phi) is 2.27. The molecule has 1 heterocycles. The van der Waals surface area contributed by atoms with Crippen LogP contribution in [0.15, 0.2) is 42.7 Å². The summed E-state index contributed by atoms with van der Waals surface area (Å²) in [5.74, 6) is 0.931. The van der Waals surface area contributed by atoms with Crippen LogP contribution in [0.3, 0.4) is 0 Å². The van der Waals surface area contributed by atoms with Crippen LogP contribution >= 0.6 is 0 Å². The van der Waals surface area contributed by atoms with Gasteiger partial charge in [-0.15, -0.1) is 0 Å². The summed E-state index contributed by atoms with van der Waals surface area (Å²) >= 11 is 0. The molecule has 2 nitrogen and oxygen atoms in total. The van der Waals surface area contributed by atoms with Gasteiger partial charge in [0.05, 0.1) is 7.11 Å². The highest BCUT2D eigenvalue weighted by molar-refractivity contribution is 5.43. The summed E-state index contributed by atoms with van der Waals surface area (Å²) in [7, 11) is 1.69. The zero-order valence-corrected chi connectivity index (χ0v) is 8.40. The average molecular weight is 187 g/mol. The predicted molar refractivity (Wildman–Crippen MR) is 57.1 cm³/mol. The fraction of sp³-hybridized carbons (Fsp3) is 0.167. The number of ether oxygens (including phenoxy) is 1. The van der Waals surface area contributed by atoms with E-state index >= 15 is 0 Å². The molecule has 0 bridgehead atoms. The van der Waals surface area contributed by atoms with Gasteiger partial charge in [0.1, 0.15) is 5.75 Å². The first-order chi connectivity index (χ1) is 6.81. The Morgan fingerprint density at radius 2 is 1.86 bits per heavy atom. The highest BCUT2D eigenvalue weighted by Gasteiger charge is 2.00. The molecule has 14 heavy (non-hydrogen) atoms. The van der Waals surface area contributed by atoms with Gasteiger partial charge in [-0.05, 0) is 42.8 Å². The maximum Gasteiger partial charge on any atom is 0.121 e. The van der Waals surface area contributed by atoms with Gasteiger partial charge in [0, 0.05) is 18.1 Å². The zero-order chi connectivity index (χ0) is 9.97. The maximum atomic E-state index is 5.21. The normalized spacial score (nSPS) is 10.1. The van der Waals surface area contributed by atoms with Crippen molar-refractivity contribution in [2.75, 3.05) is 7.11 Å². The van der Waals surface area contributed by atoms with Crippen molar-refractivity contribution < 1.29 is 4.74 Å². The van der Waals surface area contributed by atoms with Crippen LogP contribution in [0.25, 0.3) is 5.69 Å². The van der Waals surface area contributed by atoms with E-state index in [4.69, 9.17) is 4.74 Å². The second-order valence-electron chi connectivity index (χ2n) is 3.24. The van der Waals surface area contributed by atoms with Crippen LogP contribution in [0, 0.1) is 6.92 Å². The Labute approximate surface area is 83.8 Å². The van der Waals surface area contributed by atoms with E-state index in [0.717, 1.165) is 17.0 Å². The summed E-state index contributed by atoms with van der Waals surface area (Å²) < 4.78 is 7.28. The van der Waals surface area contributed by atoms with Gasteiger partial charge >= 0.3 is 0 Å². The topological polar surface area (TPSA) is 14.2 Å². The second-order valence-corrected chi connectivity index (χ2v) is 3.24. The van der Waals surface area contributed by atoms with Crippen molar-refractivity contribution in [3.8, 4) is 11.4 Å². The Morgan fingerprint density at radius 1 is 1.14 bits per heavy atom. The Morgan fingerprint density at radius 3 is 2.43 bits per heavy atom. The van der Waals surface area contributed by atoms with E-state index in [9.17, 15) is 0 Å². The molecule has 0 aliphatic rings. The molecule has 0 saturated heterocycles. The monoisotopic (exact) mass is 187 g/mol. The lowest BCUT2D eigenvalue weighted by Crippen LogP contribution is -1.92. The Balaban J connectivity index is 2.43. The van der Waals surface area contributed by atoms with Crippen LogP contribution in [0.2, 0.25) is 0 Å². The van der Waals surface area contributed by atoms with Crippen molar-refractivity contribution in [2.45, 2.75) is 6.92 Å². The van der Waals surface area contributed by atoms with E-state index in [1.54, 1.807) is 7.11 Å². The van der Waals surface area contributed by atoms with E-state index in [2.05, 4.69) is 10.6 Å². The van der Waals surface area contributed by atoms with Gasteiger partial charge in [0.25, 0.3) is 0 Å². The number of methoxy groups -OCH3 is 1. The van der Waals surface area contributed by atoms with E-state index in [1.165, 1.54) is 0 Å². The minimum atomic E-state index is 0.931. The highest BCUT2D eigenvalue weighted by atomic mass is 16.5. The summed E-state index contributed by atoms with van der Waals surface area (Å²) in [4.78, 5) is 0.